The van der Waals surface area contributed by atoms with Crippen LogP contribution in [-0.4, -0.2) is 30.4 Å². The molecule has 1 aliphatic heterocycles. The Morgan fingerprint density at radius 2 is 1.46 bits per heavy atom. The van der Waals surface area contributed by atoms with E-state index in [0.29, 0.717) is 30.5 Å². The van der Waals surface area contributed by atoms with Gasteiger partial charge in [0.15, 0.2) is 0 Å². The standard InChI is InChI=1S/C25H27F7N2O/c26-21-8-6-18(7-9-21)22(5-4-12-34-10-2-1-3-11-34)23(35)33-16-17-13-19(24(27,28)29)15-20(14-17)25(30,31)32/h6-9,13-15,22H,1-5,10-12,16H2,(H,33,35). The van der Waals surface area contributed by atoms with E-state index in [-0.39, 0.29) is 11.6 Å². The second-order valence-electron chi connectivity index (χ2n) is 8.78. The molecule has 1 aliphatic rings. The summed E-state index contributed by atoms with van der Waals surface area (Å²) >= 11 is 0. The van der Waals surface area contributed by atoms with Crippen LogP contribution in [0.4, 0.5) is 30.7 Å². The lowest BCUT2D eigenvalue weighted by atomic mass is 9.92. The van der Waals surface area contributed by atoms with E-state index in [2.05, 4.69) is 10.2 Å². The highest BCUT2D eigenvalue weighted by atomic mass is 19.4. The molecule has 0 saturated carbocycles. The zero-order chi connectivity index (χ0) is 25.6. The van der Waals surface area contributed by atoms with E-state index in [0.717, 1.165) is 32.5 Å². The highest BCUT2D eigenvalue weighted by Crippen LogP contribution is 2.36. The molecule has 3 rings (SSSR count). The normalized spacial score (nSPS) is 16.2. The van der Waals surface area contributed by atoms with Crippen LogP contribution >= 0.6 is 0 Å². The summed E-state index contributed by atoms with van der Waals surface area (Å²) in [5.41, 5.74) is -2.66. The third-order valence-electron chi connectivity index (χ3n) is 6.12. The number of piperidine rings is 1. The Balaban J connectivity index is 1.73. The minimum absolute atomic E-state index is 0.0488. The van der Waals surface area contributed by atoms with E-state index in [9.17, 15) is 35.5 Å². The van der Waals surface area contributed by atoms with Crippen molar-refractivity contribution in [3.63, 3.8) is 0 Å². The number of hydrogen-bond donors (Lipinski definition) is 1. The number of benzene rings is 2. The number of nitrogens with one attached hydrogen (secondary N) is 1. The number of carbonyl (C=O) groups is 1. The number of amides is 1. The molecule has 1 heterocycles. The van der Waals surface area contributed by atoms with Crippen molar-refractivity contribution in [1.82, 2.24) is 10.2 Å². The fourth-order valence-corrected chi connectivity index (χ4v) is 4.28. The van der Waals surface area contributed by atoms with Crippen LogP contribution in [0, 0.1) is 5.82 Å². The molecule has 1 saturated heterocycles. The minimum atomic E-state index is -4.97. The fourth-order valence-electron chi connectivity index (χ4n) is 4.28. The van der Waals surface area contributed by atoms with Crippen LogP contribution in [-0.2, 0) is 23.7 Å². The number of nitrogens with zero attached hydrogens (tertiary/aromatic N) is 1. The number of carbonyl (C=O) groups excluding carboxylic acids is 1. The summed E-state index contributed by atoms with van der Waals surface area (Å²) in [5.74, 6) is -1.74. The Hall–Kier alpha value is -2.62. The van der Waals surface area contributed by atoms with Gasteiger partial charge < -0.3 is 10.2 Å². The average Bonchev–Trinajstić information content (AvgIpc) is 2.80. The van der Waals surface area contributed by atoms with Gasteiger partial charge in [0, 0.05) is 6.54 Å². The van der Waals surface area contributed by atoms with Crippen molar-refractivity contribution in [2.75, 3.05) is 19.6 Å². The van der Waals surface area contributed by atoms with Crippen molar-refractivity contribution in [2.24, 2.45) is 0 Å². The van der Waals surface area contributed by atoms with Crippen molar-refractivity contribution in [1.29, 1.82) is 0 Å². The third-order valence-corrected chi connectivity index (χ3v) is 6.12. The maximum Gasteiger partial charge on any atom is 0.416 e. The third kappa shape index (κ3) is 7.95. The van der Waals surface area contributed by atoms with E-state index >= 15 is 0 Å². The largest absolute Gasteiger partial charge is 0.416 e. The maximum atomic E-state index is 13.4. The first-order valence-electron chi connectivity index (χ1n) is 11.5. The summed E-state index contributed by atoms with van der Waals surface area (Å²) < 4.78 is 92.1. The Kier molecular flexibility index (Phi) is 8.79. The first kappa shape index (κ1) is 27.0. The van der Waals surface area contributed by atoms with Crippen LogP contribution in [0.5, 0.6) is 0 Å². The zero-order valence-corrected chi connectivity index (χ0v) is 19.0. The Morgan fingerprint density at radius 1 is 0.886 bits per heavy atom. The maximum absolute atomic E-state index is 13.4. The predicted octanol–water partition coefficient (Wildman–Crippen LogP) is 6.53. The quantitative estimate of drug-likeness (QED) is 0.415. The van der Waals surface area contributed by atoms with E-state index in [1.54, 1.807) is 0 Å². The number of hydrogen-bond acceptors (Lipinski definition) is 2. The average molecular weight is 504 g/mol. The van der Waals surface area contributed by atoms with Gasteiger partial charge in [0.2, 0.25) is 5.91 Å². The Morgan fingerprint density at radius 3 is 2.00 bits per heavy atom. The minimum Gasteiger partial charge on any atom is -0.351 e. The molecule has 0 aromatic heterocycles. The first-order valence-corrected chi connectivity index (χ1v) is 11.5. The molecule has 0 spiro atoms. The van der Waals surface area contributed by atoms with Crippen LogP contribution in [0.3, 0.4) is 0 Å². The summed E-state index contributed by atoms with van der Waals surface area (Å²) in [5, 5.41) is 2.48. The molecule has 0 bridgehead atoms. The smallest absolute Gasteiger partial charge is 0.351 e. The molecule has 1 N–H and O–H groups in total. The molecule has 3 nitrogen and oxygen atoms in total. The molecular weight excluding hydrogens is 477 g/mol. The van der Waals surface area contributed by atoms with Gasteiger partial charge in [0.1, 0.15) is 5.82 Å². The van der Waals surface area contributed by atoms with Crippen LogP contribution in [0.15, 0.2) is 42.5 Å². The van der Waals surface area contributed by atoms with Gasteiger partial charge in [-0.1, -0.05) is 18.6 Å². The van der Waals surface area contributed by atoms with Gasteiger partial charge in [0.05, 0.1) is 17.0 Å². The van der Waals surface area contributed by atoms with Gasteiger partial charge in [-0.2, -0.15) is 26.3 Å². The lowest BCUT2D eigenvalue weighted by Gasteiger charge is -2.27. The van der Waals surface area contributed by atoms with Gasteiger partial charge >= 0.3 is 12.4 Å². The van der Waals surface area contributed by atoms with E-state index in [1.165, 1.54) is 30.7 Å². The molecule has 1 fully saturated rings. The van der Waals surface area contributed by atoms with Gasteiger partial charge in [-0.05, 0) is 86.8 Å². The summed E-state index contributed by atoms with van der Waals surface area (Å²) in [6.07, 6.45) is -5.46. The topological polar surface area (TPSA) is 32.3 Å². The van der Waals surface area contributed by atoms with Crippen molar-refractivity contribution in [3.05, 3.63) is 70.5 Å². The second-order valence-corrected chi connectivity index (χ2v) is 8.78. The van der Waals surface area contributed by atoms with Gasteiger partial charge in [-0.3, -0.25) is 4.79 Å². The summed E-state index contributed by atoms with van der Waals surface area (Å²) in [6, 6.07) is 6.59. The molecule has 0 radical (unpaired) electrons. The molecule has 0 aliphatic carbocycles. The summed E-state index contributed by atoms with van der Waals surface area (Å²) in [7, 11) is 0. The van der Waals surface area contributed by atoms with Gasteiger partial charge in [-0.25, -0.2) is 4.39 Å². The Bertz CT molecular complexity index is 949. The molecule has 35 heavy (non-hydrogen) atoms. The molecule has 1 amide bonds. The molecule has 1 atom stereocenters. The van der Waals surface area contributed by atoms with E-state index in [4.69, 9.17) is 0 Å². The second kappa shape index (κ2) is 11.4. The SMILES string of the molecule is O=C(NCc1cc(C(F)(F)F)cc(C(F)(F)F)c1)C(CCCN1CCCCC1)c1ccc(F)cc1. The molecule has 10 heteroatoms. The number of rotatable bonds is 8. The summed E-state index contributed by atoms with van der Waals surface area (Å²) in [6.45, 7) is 2.22. The lowest BCUT2D eigenvalue weighted by Crippen LogP contribution is -2.32. The zero-order valence-electron chi connectivity index (χ0n) is 19.0. The first-order chi connectivity index (χ1) is 16.4. The van der Waals surface area contributed by atoms with Crippen molar-refractivity contribution >= 4 is 5.91 Å². The Labute approximate surface area is 199 Å². The lowest BCUT2D eigenvalue weighted by molar-refractivity contribution is -0.143. The van der Waals surface area contributed by atoms with Crippen LogP contribution in [0.25, 0.3) is 0 Å². The van der Waals surface area contributed by atoms with Crippen molar-refractivity contribution in [2.45, 2.75) is 56.9 Å². The molecule has 1 unspecified atom stereocenters. The van der Waals surface area contributed by atoms with Crippen molar-refractivity contribution < 1.29 is 35.5 Å². The molecule has 2 aromatic rings. The molecular formula is C25H27F7N2O. The monoisotopic (exact) mass is 504 g/mol. The number of likely N-dealkylation sites (tertiary alicyclic amines) is 1. The fraction of sp³-hybridized carbons (Fsp3) is 0.480. The van der Waals surface area contributed by atoms with Crippen molar-refractivity contribution in [3.8, 4) is 0 Å². The highest BCUT2D eigenvalue weighted by molar-refractivity contribution is 5.83. The highest BCUT2D eigenvalue weighted by Gasteiger charge is 2.37. The van der Waals surface area contributed by atoms with Gasteiger partial charge in [-0.15, -0.1) is 0 Å². The van der Waals surface area contributed by atoms with E-state index < -0.39 is 47.7 Å². The summed E-state index contributed by atoms with van der Waals surface area (Å²) in [4.78, 5) is 15.3. The molecule has 192 valence electrons. The van der Waals surface area contributed by atoms with E-state index in [1.807, 2.05) is 0 Å². The molecule has 2 aromatic carbocycles. The predicted molar refractivity (Wildman–Crippen MR) is 117 cm³/mol. The number of halogens is 7. The van der Waals surface area contributed by atoms with Crippen LogP contribution < -0.4 is 5.32 Å². The van der Waals surface area contributed by atoms with Crippen LogP contribution in [0.1, 0.15) is 60.3 Å². The number of alkyl halides is 6. The van der Waals surface area contributed by atoms with Crippen LogP contribution in [0.2, 0.25) is 0 Å². The van der Waals surface area contributed by atoms with Gasteiger partial charge in [0.25, 0.3) is 0 Å².